The highest BCUT2D eigenvalue weighted by atomic mass is 35.5. The topological polar surface area (TPSA) is 49.3 Å². The number of halogens is 1. The number of hydrogen-bond donors (Lipinski definition) is 2. The zero-order valence-electron chi connectivity index (χ0n) is 14.5. The third-order valence-electron chi connectivity index (χ3n) is 5.83. The smallest absolute Gasteiger partial charge is 0.335 e. The lowest BCUT2D eigenvalue weighted by atomic mass is 9.76. The lowest BCUT2D eigenvalue weighted by Crippen LogP contribution is -2.29. The fraction of sp³-hybridized carbons (Fsp3) is 0.174. The van der Waals surface area contributed by atoms with Crippen LogP contribution in [0.25, 0.3) is 10.8 Å². The van der Waals surface area contributed by atoms with Crippen molar-refractivity contribution in [3.8, 4) is 0 Å². The summed E-state index contributed by atoms with van der Waals surface area (Å²) in [5, 5.41) is 16.0. The van der Waals surface area contributed by atoms with Crippen LogP contribution in [0.2, 0.25) is 5.02 Å². The van der Waals surface area contributed by atoms with Crippen molar-refractivity contribution in [1.82, 2.24) is 0 Å². The van der Waals surface area contributed by atoms with Crippen LogP contribution in [0.15, 0.2) is 66.7 Å². The van der Waals surface area contributed by atoms with Crippen molar-refractivity contribution in [3.63, 3.8) is 0 Å². The number of carbonyl (C=O) groups is 1. The van der Waals surface area contributed by atoms with E-state index in [2.05, 4.69) is 59.9 Å². The summed E-state index contributed by atoms with van der Waals surface area (Å²) in [6.07, 6.45) is 5.36. The molecule has 0 unspecified atom stereocenters. The number of anilines is 1. The molecule has 0 radical (unpaired) electrons. The minimum absolute atomic E-state index is 0.122. The number of rotatable bonds is 2. The second-order valence-electron chi connectivity index (χ2n) is 7.27. The number of benzene rings is 3. The van der Waals surface area contributed by atoms with Gasteiger partial charge in [-0.3, -0.25) is 0 Å². The highest BCUT2D eigenvalue weighted by molar-refractivity contribution is 6.33. The van der Waals surface area contributed by atoms with E-state index in [-0.39, 0.29) is 17.5 Å². The third-order valence-corrected chi connectivity index (χ3v) is 6.12. The van der Waals surface area contributed by atoms with Crippen molar-refractivity contribution in [2.45, 2.75) is 18.4 Å². The normalized spacial score (nSPS) is 22.9. The zero-order chi connectivity index (χ0) is 18.5. The molecular weight excluding hydrogens is 358 g/mol. The van der Waals surface area contributed by atoms with Crippen molar-refractivity contribution >= 4 is 34.0 Å². The number of hydrogen-bond acceptors (Lipinski definition) is 2. The van der Waals surface area contributed by atoms with Crippen molar-refractivity contribution in [2.75, 3.05) is 5.32 Å². The minimum Gasteiger partial charge on any atom is -0.478 e. The Morgan fingerprint density at radius 3 is 2.74 bits per heavy atom. The van der Waals surface area contributed by atoms with Crippen LogP contribution in [0.1, 0.15) is 39.9 Å². The van der Waals surface area contributed by atoms with Crippen LogP contribution >= 0.6 is 11.6 Å². The molecule has 1 aliphatic heterocycles. The molecule has 0 aromatic heterocycles. The number of nitrogens with one attached hydrogen (secondary N) is 1. The second kappa shape index (κ2) is 6.14. The molecule has 3 aromatic carbocycles. The molecule has 3 atom stereocenters. The maximum atomic E-state index is 11.5. The molecular formula is C23H18ClNO2. The quantitative estimate of drug-likeness (QED) is 0.538. The van der Waals surface area contributed by atoms with Gasteiger partial charge in [-0.15, -0.1) is 0 Å². The van der Waals surface area contributed by atoms with Crippen molar-refractivity contribution < 1.29 is 9.90 Å². The molecule has 1 heterocycles. The molecule has 27 heavy (non-hydrogen) atoms. The maximum absolute atomic E-state index is 11.5. The summed E-state index contributed by atoms with van der Waals surface area (Å²) in [6.45, 7) is 0. The fourth-order valence-corrected chi connectivity index (χ4v) is 4.89. The Hall–Kier alpha value is -2.78. The first kappa shape index (κ1) is 16.4. The van der Waals surface area contributed by atoms with E-state index in [0.717, 1.165) is 17.7 Å². The molecule has 134 valence electrons. The van der Waals surface area contributed by atoms with Gasteiger partial charge in [-0.05, 0) is 46.4 Å². The molecule has 0 fully saturated rings. The van der Waals surface area contributed by atoms with Crippen LogP contribution in [0.3, 0.4) is 0 Å². The Labute approximate surface area is 162 Å². The number of allylic oxidation sites excluding steroid dienone is 2. The average molecular weight is 376 g/mol. The molecule has 3 aromatic rings. The van der Waals surface area contributed by atoms with Gasteiger partial charge in [0.05, 0.1) is 22.3 Å². The molecule has 0 spiro atoms. The number of aromatic carboxylic acids is 1. The predicted molar refractivity (Wildman–Crippen MR) is 109 cm³/mol. The minimum atomic E-state index is -0.950. The van der Waals surface area contributed by atoms with E-state index >= 15 is 0 Å². The fourth-order valence-electron chi connectivity index (χ4n) is 4.61. The van der Waals surface area contributed by atoms with Gasteiger partial charge in [-0.1, -0.05) is 66.2 Å². The summed E-state index contributed by atoms with van der Waals surface area (Å²) < 4.78 is 0. The molecule has 1 aliphatic carbocycles. The van der Waals surface area contributed by atoms with Crippen LogP contribution in [0.4, 0.5) is 5.69 Å². The lowest BCUT2D eigenvalue weighted by Gasteiger charge is -2.38. The molecule has 2 aliphatic rings. The van der Waals surface area contributed by atoms with Crippen LogP contribution in [-0.2, 0) is 0 Å². The molecule has 0 saturated carbocycles. The van der Waals surface area contributed by atoms with Gasteiger partial charge in [0.25, 0.3) is 0 Å². The van der Waals surface area contributed by atoms with Gasteiger partial charge in [0.15, 0.2) is 0 Å². The number of fused-ring (bicyclic) bond motifs is 4. The molecule has 4 heteroatoms. The molecule has 0 amide bonds. The largest absolute Gasteiger partial charge is 0.478 e. The maximum Gasteiger partial charge on any atom is 0.335 e. The van der Waals surface area contributed by atoms with E-state index in [4.69, 9.17) is 11.6 Å². The molecule has 3 nitrogen and oxygen atoms in total. The van der Waals surface area contributed by atoms with Crippen LogP contribution in [0.5, 0.6) is 0 Å². The summed E-state index contributed by atoms with van der Waals surface area (Å²) in [5.41, 5.74) is 3.33. The van der Waals surface area contributed by atoms with E-state index in [9.17, 15) is 9.90 Å². The van der Waals surface area contributed by atoms with Gasteiger partial charge in [0, 0.05) is 5.92 Å². The molecule has 0 saturated heterocycles. The van der Waals surface area contributed by atoms with E-state index in [1.165, 1.54) is 22.4 Å². The van der Waals surface area contributed by atoms with Crippen molar-refractivity contribution in [2.24, 2.45) is 5.92 Å². The SMILES string of the molecule is O=C(O)c1cc(Cl)c2c(c1)[C@@H]1C=CC[C@@H]1[C@H](c1cccc3ccccc13)N2. The van der Waals surface area contributed by atoms with Gasteiger partial charge in [-0.2, -0.15) is 0 Å². The van der Waals surface area contributed by atoms with Crippen molar-refractivity contribution in [1.29, 1.82) is 0 Å². The van der Waals surface area contributed by atoms with E-state index in [1.807, 2.05) is 0 Å². The van der Waals surface area contributed by atoms with Crippen molar-refractivity contribution in [3.05, 3.63) is 88.5 Å². The Kier molecular flexibility index (Phi) is 3.73. The van der Waals surface area contributed by atoms with Gasteiger partial charge < -0.3 is 10.4 Å². The van der Waals surface area contributed by atoms with Gasteiger partial charge in [0.2, 0.25) is 0 Å². The molecule has 0 bridgehead atoms. The van der Waals surface area contributed by atoms with Crippen LogP contribution in [0, 0.1) is 5.92 Å². The summed E-state index contributed by atoms with van der Waals surface area (Å²) in [5.74, 6) is -0.445. The highest BCUT2D eigenvalue weighted by Crippen LogP contribution is 2.52. The lowest BCUT2D eigenvalue weighted by molar-refractivity contribution is 0.0696. The summed E-state index contributed by atoms with van der Waals surface area (Å²) >= 11 is 6.50. The van der Waals surface area contributed by atoms with Gasteiger partial charge in [0.1, 0.15) is 0 Å². The summed E-state index contributed by atoms with van der Waals surface area (Å²) in [6, 6.07) is 18.3. The monoisotopic (exact) mass is 375 g/mol. The van der Waals surface area contributed by atoms with E-state index in [1.54, 1.807) is 6.07 Å². The summed E-state index contributed by atoms with van der Waals surface area (Å²) in [7, 11) is 0. The standard InChI is InChI=1S/C23H18ClNO2/c24-20-12-14(23(26)27)11-19-16-8-4-10-18(16)21(25-22(19)20)17-9-3-6-13-5-1-2-7-15(13)17/h1-9,11-12,16,18,21,25H,10H2,(H,26,27)/t16-,18+,21+/m1/s1. The van der Waals surface area contributed by atoms with Crippen LogP contribution < -0.4 is 5.32 Å². The first-order valence-electron chi connectivity index (χ1n) is 9.11. The van der Waals surface area contributed by atoms with E-state index in [0.29, 0.717) is 10.9 Å². The Morgan fingerprint density at radius 1 is 1.07 bits per heavy atom. The Bertz CT molecular complexity index is 1100. The third kappa shape index (κ3) is 2.54. The predicted octanol–water partition coefficient (Wildman–Crippen LogP) is 6.02. The van der Waals surface area contributed by atoms with Gasteiger partial charge in [-0.25, -0.2) is 4.79 Å². The molecule has 5 rings (SSSR count). The highest BCUT2D eigenvalue weighted by Gasteiger charge is 2.39. The summed E-state index contributed by atoms with van der Waals surface area (Å²) in [4.78, 5) is 11.5. The average Bonchev–Trinajstić information content (AvgIpc) is 3.17. The van der Waals surface area contributed by atoms with E-state index < -0.39 is 5.97 Å². The van der Waals surface area contributed by atoms with Crippen LogP contribution in [-0.4, -0.2) is 11.1 Å². The Morgan fingerprint density at radius 2 is 1.89 bits per heavy atom. The second-order valence-corrected chi connectivity index (χ2v) is 7.68. The van der Waals surface area contributed by atoms with Gasteiger partial charge >= 0.3 is 5.97 Å². The Balaban J connectivity index is 1.68. The first-order valence-corrected chi connectivity index (χ1v) is 9.49. The molecule has 2 N–H and O–H groups in total. The zero-order valence-corrected chi connectivity index (χ0v) is 15.3. The first-order chi connectivity index (χ1) is 13.1. The number of carboxylic acid groups (broad SMARTS) is 1. The number of carboxylic acids is 1.